The van der Waals surface area contributed by atoms with E-state index in [1.807, 2.05) is 0 Å². The van der Waals surface area contributed by atoms with E-state index in [9.17, 15) is 21.6 Å². The van der Waals surface area contributed by atoms with E-state index in [-0.39, 0.29) is 16.9 Å². The highest BCUT2D eigenvalue weighted by molar-refractivity contribution is 7.93. The second-order valence-electron chi connectivity index (χ2n) is 9.08. The molecule has 36 heavy (non-hydrogen) atoms. The third-order valence-electron chi connectivity index (χ3n) is 6.72. The van der Waals surface area contributed by atoms with E-state index in [1.54, 1.807) is 17.5 Å². The van der Waals surface area contributed by atoms with Crippen LogP contribution in [0.2, 0.25) is 0 Å². The maximum absolute atomic E-state index is 13.5. The van der Waals surface area contributed by atoms with Crippen LogP contribution in [0.4, 0.5) is 18.3 Å². The van der Waals surface area contributed by atoms with Crippen LogP contribution >= 0.6 is 11.3 Å². The third kappa shape index (κ3) is 5.37. The minimum Gasteiger partial charge on any atom is -0.485 e. The van der Waals surface area contributed by atoms with E-state index in [1.165, 1.54) is 35.7 Å². The van der Waals surface area contributed by atoms with Crippen molar-refractivity contribution in [1.82, 2.24) is 10.3 Å². The molecule has 11 heteroatoms. The minimum absolute atomic E-state index is 0.0175. The Morgan fingerprint density at radius 1 is 1.06 bits per heavy atom. The van der Waals surface area contributed by atoms with Crippen LogP contribution in [0.15, 0.2) is 52.9 Å². The van der Waals surface area contributed by atoms with Crippen molar-refractivity contribution in [2.75, 3.05) is 17.8 Å². The molecule has 0 spiro atoms. The molecule has 0 amide bonds. The van der Waals surface area contributed by atoms with Crippen molar-refractivity contribution < 1.29 is 26.3 Å². The monoisotopic (exact) mass is 537 g/mol. The number of aryl methyl sites for hydroxylation is 1. The molecule has 192 valence electrons. The number of nitrogens with one attached hydrogen (secondary N) is 2. The Morgan fingerprint density at radius 2 is 1.86 bits per heavy atom. The van der Waals surface area contributed by atoms with Gasteiger partial charge < -0.3 is 10.1 Å². The van der Waals surface area contributed by atoms with Crippen LogP contribution in [0.5, 0.6) is 5.75 Å². The largest absolute Gasteiger partial charge is 0.485 e. The first-order valence-corrected chi connectivity index (χ1v) is 14.2. The SMILES string of the molecule is O=S(=O)(Nc1nccs1)c1ccc2c(c1)CCC[C@@H]2Oc1ccc(C(F)(F)F)cc1C1CCNCC1. The topological polar surface area (TPSA) is 80.3 Å². The van der Waals surface area contributed by atoms with Gasteiger partial charge in [0.1, 0.15) is 11.9 Å². The molecule has 0 saturated carbocycles. The van der Waals surface area contributed by atoms with E-state index < -0.39 is 21.8 Å². The molecular weight excluding hydrogens is 511 g/mol. The Hall–Kier alpha value is -2.63. The average Bonchev–Trinajstić information content (AvgIpc) is 3.36. The summed E-state index contributed by atoms with van der Waals surface area (Å²) >= 11 is 1.19. The van der Waals surface area contributed by atoms with Crippen molar-refractivity contribution in [3.8, 4) is 5.75 Å². The average molecular weight is 538 g/mol. The fourth-order valence-electron chi connectivity index (χ4n) is 4.92. The van der Waals surface area contributed by atoms with Crippen LogP contribution in [0, 0.1) is 0 Å². The summed E-state index contributed by atoms with van der Waals surface area (Å²) in [6.45, 7) is 1.50. The molecule has 1 saturated heterocycles. The van der Waals surface area contributed by atoms with Gasteiger partial charge in [0.25, 0.3) is 10.0 Å². The van der Waals surface area contributed by atoms with Crippen molar-refractivity contribution in [3.63, 3.8) is 0 Å². The number of hydrogen-bond donors (Lipinski definition) is 2. The summed E-state index contributed by atoms with van der Waals surface area (Å²) in [6.07, 6.45) is 0.397. The first-order chi connectivity index (χ1) is 17.2. The lowest BCUT2D eigenvalue weighted by Gasteiger charge is -2.30. The second-order valence-corrected chi connectivity index (χ2v) is 11.7. The van der Waals surface area contributed by atoms with Crippen LogP contribution in [-0.2, 0) is 22.6 Å². The molecule has 6 nitrogen and oxygen atoms in total. The summed E-state index contributed by atoms with van der Waals surface area (Å²) in [4.78, 5) is 4.12. The fraction of sp³-hybridized carbons (Fsp3) is 0.400. The predicted molar refractivity (Wildman–Crippen MR) is 132 cm³/mol. The summed E-state index contributed by atoms with van der Waals surface area (Å²) in [7, 11) is -3.79. The summed E-state index contributed by atoms with van der Waals surface area (Å²) < 4.78 is 74.9. The number of ether oxygens (including phenoxy) is 1. The van der Waals surface area contributed by atoms with Crippen molar-refractivity contribution in [2.24, 2.45) is 0 Å². The fourth-order valence-corrected chi connectivity index (χ4v) is 6.76. The molecular formula is C25H26F3N3O3S2. The maximum Gasteiger partial charge on any atom is 0.416 e. The molecule has 0 unspecified atom stereocenters. The van der Waals surface area contributed by atoms with Gasteiger partial charge in [-0.15, -0.1) is 11.3 Å². The smallest absolute Gasteiger partial charge is 0.416 e. The van der Waals surface area contributed by atoms with Crippen molar-refractivity contribution in [3.05, 3.63) is 70.2 Å². The molecule has 2 N–H and O–H groups in total. The number of rotatable bonds is 6. The highest BCUT2D eigenvalue weighted by Crippen LogP contribution is 2.42. The molecule has 2 aliphatic rings. The number of fused-ring (bicyclic) bond motifs is 1. The van der Waals surface area contributed by atoms with E-state index in [2.05, 4.69) is 15.0 Å². The zero-order chi connectivity index (χ0) is 25.3. The number of hydrogen-bond acceptors (Lipinski definition) is 6. The lowest BCUT2D eigenvalue weighted by Crippen LogP contribution is -2.27. The molecule has 1 fully saturated rings. The second kappa shape index (κ2) is 10.0. The van der Waals surface area contributed by atoms with Crippen LogP contribution in [0.1, 0.15) is 60.0 Å². The first kappa shape index (κ1) is 25.0. The molecule has 1 aromatic heterocycles. The highest BCUT2D eigenvalue weighted by atomic mass is 32.2. The Balaban J connectivity index is 1.43. The third-order valence-corrected chi connectivity index (χ3v) is 8.88. The number of aromatic nitrogens is 1. The van der Waals surface area contributed by atoms with Gasteiger partial charge in [0.2, 0.25) is 0 Å². The summed E-state index contributed by atoms with van der Waals surface area (Å²) in [5, 5.41) is 5.23. The Labute approximate surface area is 212 Å². The number of piperidine rings is 1. The van der Waals surface area contributed by atoms with Gasteiger partial charge in [-0.3, -0.25) is 4.72 Å². The van der Waals surface area contributed by atoms with Gasteiger partial charge in [-0.2, -0.15) is 13.2 Å². The number of sulfonamides is 1. The van der Waals surface area contributed by atoms with E-state index in [0.29, 0.717) is 29.3 Å². The summed E-state index contributed by atoms with van der Waals surface area (Å²) in [5.74, 6) is 0.450. The summed E-state index contributed by atoms with van der Waals surface area (Å²) in [6, 6.07) is 8.69. The minimum atomic E-state index is -4.42. The number of nitrogens with zero attached hydrogens (tertiary/aromatic N) is 1. The molecule has 0 bridgehead atoms. The zero-order valence-electron chi connectivity index (χ0n) is 19.3. The van der Waals surface area contributed by atoms with Crippen LogP contribution in [-0.4, -0.2) is 26.5 Å². The normalized spacial score (nSPS) is 19.0. The molecule has 1 aliphatic carbocycles. The van der Waals surface area contributed by atoms with Crippen molar-refractivity contribution >= 4 is 26.5 Å². The Bertz CT molecular complexity index is 1320. The standard InChI is InChI=1S/C25H26F3N3O3S2/c26-25(27,28)18-4-7-23(21(15-18)16-8-10-29-11-9-16)34-22-3-1-2-17-14-19(5-6-20(17)22)36(32,33)31-24-30-12-13-35-24/h4-7,12-16,22,29H,1-3,8-11H2,(H,30,31)/t22-/m0/s1. The highest BCUT2D eigenvalue weighted by Gasteiger charge is 2.33. The molecule has 0 radical (unpaired) electrons. The molecule has 2 aromatic carbocycles. The predicted octanol–water partition coefficient (Wildman–Crippen LogP) is 5.89. The van der Waals surface area contributed by atoms with Gasteiger partial charge >= 0.3 is 6.18 Å². The van der Waals surface area contributed by atoms with Gasteiger partial charge in [-0.25, -0.2) is 13.4 Å². The van der Waals surface area contributed by atoms with Gasteiger partial charge in [-0.1, -0.05) is 6.07 Å². The molecule has 1 aliphatic heterocycles. The van der Waals surface area contributed by atoms with E-state index >= 15 is 0 Å². The first-order valence-electron chi connectivity index (χ1n) is 11.8. The van der Waals surface area contributed by atoms with Crippen molar-refractivity contribution in [2.45, 2.75) is 55.2 Å². The number of benzene rings is 2. The number of anilines is 1. The van der Waals surface area contributed by atoms with Crippen LogP contribution < -0.4 is 14.8 Å². The van der Waals surface area contributed by atoms with Crippen molar-refractivity contribution in [1.29, 1.82) is 0 Å². The van der Waals surface area contributed by atoms with Gasteiger partial charge in [-0.05, 0) is 98.1 Å². The molecule has 2 heterocycles. The summed E-state index contributed by atoms with van der Waals surface area (Å²) in [5.41, 5.74) is 1.65. The van der Waals surface area contributed by atoms with Crippen LogP contribution in [0.25, 0.3) is 0 Å². The van der Waals surface area contributed by atoms with Crippen LogP contribution in [0.3, 0.4) is 0 Å². The number of thiazole rings is 1. The molecule has 5 rings (SSSR count). The maximum atomic E-state index is 13.5. The Morgan fingerprint density at radius 3 is 2.58 bits per heavy atom. The van der Waals surface area contributed by atoms with Gasteiger partial charge in [0.15, 0.2) is 5.13 Å². The van der Waals surface area contributed by atoms with E-state index in [0.717, 1.165) is 49.5 Å². The van der Waals surface area contributed by atoms with E-state index in [4.69, 9.17) is 4.74 Å². The van der Waals surface area contributed by atoms with Gasteiger partial charge in [0.05, 0.1) is 10.5 Å². The lowest BCUT2D eigenvalue weighted by molar-refractivity contribution is -0.137. The molecule has 3 aromatic rings. The Kier molecular flexibility index (Phi) is 6.97. The number of halogens is 3. The molecule has 1 atom stereocenters. The lowest BCUT2D eigenvalue weighted by atomic mass is 9.87. The number of alkyl halides is 3. The van der Waals surface area contributed by atoms with Gasteiger partial charge in [0, 0.05) is 11.6 Å². The zero-order valence-corrected chi connectivity index (χ0v) is 21.0. The quantitative estimate of drug-likeness (QED) is 0.410.